The Hall–Kier alpha value is -2.64. The van der Waals surface area contributed by atoms with Crippen molar-refractivity contribution in [1.29, 1.82) is 0 Å². The molecule has 0 saturated carbocycles. The van der Waals surface area contributed by atoms with Gasteiger partial charge in [-0.3, -0.25) is 4.57 Å². The lowest BCUT2D eigenvalue weighted by Crippen LogP contribution is -2.07. The van der Waals surface area contributed by atoms with Gasteiger partial charge >= 0.3 is 12.6 Å². The highest BCUT2D eigenvalue weighted by atomic mass is 19.3. The van der Waals surface area contributed by atoms with E-state index in [0.717, 1.165) is 0 Å². The first-order chi connectivity index (χ1) is 9.52. The van der Waals surface area contributed by atoms with Crippen LogP contribution in [0.15, 0.2) is 30.6 Å². The predicted molar refractivity (Wildman–Crippen MR) is 65.9 cm³/mol. The first-order valence-corrected chi connectivity index (χ1v) is 5.49. The van der Waals surface area contributed by atoms with E-state index in [4.69, 9.17) is 5.73 Å². The highest BCUT2D eigenvalue weighted by Crippen LogP contribution is 2.21. The minimum absolute atomic E-state index is 0.0135. The molecule has 0 radical (unpaired) electrons. The molecule has 0 atom stereocenters. The molecule has 1 aromatic carbocycles. The second-order valence-corrected chi connectivity index (χ2v) is 3.71. The maximum Gasteiger partial charge on any atom is 0.387 e. The number of nitrogens with two attached hydrogens (primary N) is 1. The molecule has 2 aromatic rings. The van der Waals surface area contributed by atoms with Crippen LogP contribution in [0.25, 0.3) is 5.69 Å². The number of halogens is 2. The Labute approximate surface area is 112 Å². The summed E-state index contributed by atoms with van der Waals surface area (Å²) in [5, 5.41) is 0. The Balaban J connectivity index is 2.28. The maximum atomic E-state index is 12.0. The number of carbonyl (C=O) groups excluding carboxylic acids is 1. The van der Waals surface area contributed by atoms with E-state index < -0.39 is 12.6 Å². The van der Waals surface area contributed by atoms with Crippen LogP contribution in [-0.4, -0.2) is 29.2 Å². The maximum absolute atomic E-state index is 12.0. The summed E-state index contributed by atoms with van der Waals surface area (Å²) in [6, 6.07) is 5.74. The van der Waals surface area contributed by atoms with Gasteiger partial charge < -0.3 is 15.2 Å². The second kappa shape index (κ2) is 5.55. The lowest BCUT2D eigenvalue weighted by molar-refractivity contribution is -0.0498. The Morgan fingerprint density at radius 1 is 1.35 bits per heavy atom. The monoisotopic (exact) mass is 283 g/mol. The molecule has 2 N–H and O–H groups in total. The van der Waals surface area contributed by atoms with E-state index >= 15 is 0 Å². The van der Waals surface area contributed by atoms with Crippen molar-refractivity contribution in [2.45, 2.75) is 6.61 Å². The minimum atomic E-state index is -2.88. The topological polar surface area (TPSA) is 79.4 Å². The Morgan fingerprint density at radius 3 is 2.55 bits per heavy atom. The van der Waals surface area contributed by atoms with E-state index in [9.17, 15) is 13.6 Å². The fraction of sp³-hybridized carbons (Fsp3) is 0.167. The van der Waals surface area contributed by atoms with Crippen LogP contribution in [0.3, 0.4) is 0 Å². The fourth-order valence-electron chi connectivity index (χ4n) is 1.61. The summed E-state index contributed by atoms with van der Waals surface area (Å²) in [6.45, 7) is -2.88. The van der Waals surface area contributed by atoms with Gasteiger partial charge in [-0.15, -0.1) is 0 Å². The van der Waals surface area contributed by atoms with Gasteiger partial charge in [0.25, 0.3) is 0 Å². The van der Waals surface area contributed by atoms with Crippen LogP contribution in [0.5, 0.6) is 5.75 Å². The highest BCUT2D eigenvalue weighted by molar-refractivity contribution is 5.92. The van der Waals surface area contributed by atoms with E-state index in [-0.39, 0.29) is 17.3 Å². The van der Waals surface area contributed by atoms with Gasteiger partial charge in [0.1, 0.15) is 17.9 Å². The van der Waals surface area contributed by atoms with Crippen molar-refractivity contribution in [1.82, 2.24) is 9.55 Å². The number of rotatable bonds is 4. The van der Waals surface area contributed by atoms with Gasteiger partial charge in [0, 0.05) is 5.69 Å². The van der Waals surface area contributed by atoms with Gasteiger partial charge in [0.15, 0.2) is 5.69 Å². The number of imidazole rings is 1. The number of alkyl halides is 2. The van der Waals surface area contributed by atoms with Crippen LogP contribution in [0, 0.1) is 0 Å². The number of hydrogen-bond donors (Lipinski definition) is 1. The number of nitrogens with zero attached hydrogens (tertiary/aromatic N) is 2. The lowest BCUT2D eigenvalue weighted by Gasteiger charge is -2.07. The molecule has 0 fully saturated rings. The third-order valence-corrected chi connectivity index (χ3v) is 2.52. The summed E-state index contributed by atoms with van der Waals surface area (Å²) < 4.78 is 34.3. The van der Waals surface area contributed by atoms with Crippen molar-refractivity contribution in [2.24, 2.45) is 0 Å². The average molecular weight is 283 g/mol. The summed E-state index contributed by atoms with van der Waals surface area (Å²) in [6.07, 6.45) is 1.34. The zero-order valence-corrected chi connectivity index (χ0v) is 10.4. The van der Waals surface area contributed by atoms with Crippen molar-refractivity contribution in [3.8, 4) is 11.4 Å². The quantitative estimate of drug-likeness (QED) is 0.866. The van der Waals surface area contributed by atoms with E-state index in [1.54, 1.807) is 0 Å². The number of esters is 1. The van der Waals surface area contributed by atoms with Gasteiger partial charge in [-0.2, -0.15) is 8.78 Å². The molecule has 0 saturated heterocycles. The summed E-state index contributed by atoms with van der Waals surface area (Å²) in [4.78, 5) is 15.2. The lowest BCUT2D eigenvalue weighted by atomic mass is 10.3. The SMILES string of the molecule is COC(=O)c1ncn(-c2ccc(OC(F)F)cc2)c1N. The normalized spacial score (nSPS) is 10.6. The van der Waals surface area contributed by atoms with Crippen LogP contribution < -0.4 is 10.5 Å². The van der Waals surface area contributed by atoms with Crippen LogP contribution >= 0.6 is 0 Å². The molecule has 0 unspecified atom stereocenters. The van der Waals surface area contributed by atoms with Crippen molar-refractivity contribution >= 4 is 11.8 Å². The Morgan fingerprint density at radius 2 is 2.00 bits per heavy atom. The van der Waals surface area contributed by atoms with Gasteiger partial charge in [0.05, 0.1) is 7.11 Å². The molecule has 0 aliphatic carbocycles. The largest absolute Gasteiger partial charge is 0.464 e. The number of anilines is 1. The number of carbonyl (C=O) groups is 1. The van der Waals surface area contributed by atoms with Gasteiger partial charge in [-0.25, -0.2) is 9.78 Å². The number of methoxy groups -OCH3 is 1. The smallest absolute Gasteiger partial charge is 0.387 e. The molecule has 0 aliphatic rings. The second-order valence-electron chi connectivity index (χ2n) is 3.71. The van der Waals surface area contributed by atoms with Crippen molar-refractivity contribution < 1.29 is 23.0 Å². The summed E-state index contributed by atoms with van der Waals surface area (Å²) in [5.74, 6) is -0.533. The zero-order valence-electron chi connectivity index (χ0n) is 10.4. The molecule has 1 aromatic heterocycles. The van der Waals surface area contributed by atoms with E-state index in [0.29, 0.717) is 5.69 Å². The average Bonchev–Trinajstić information content (AvgIpc) is 2.80. The molecule has 0 bridgehead atoms. The molecule has 0 amide bonds. The number of aromatic nitrogens is 2. The number of benzene rings is 1. The van der Waals surface area contributed by atoms with E-state index in [1.165, 1.54) is 42.3 Å². The molecule has 6 nitrogen and oxygen atoms in total. The number of nitrogen functional groups attached to an aromatic ring is 1. The van der Waals surface area contributed by atoms with E-state index in [2.05, 4.69) is 14.5 Å². The van der Waals surface area contributed by atoms with Gasteiger partial charge in [0.2, 0.25) is 0 Å². The summed E-state index contributed by atoms with van der Waals surface area (Å²) in [5.41, 5.74) is 6.31. The summed E-state index contributed by atoms with van der Waals surface area (Å²) >= 11 is 0. The molecule has 8 heteroatoms. The van der Waals surface area contributed by atoms with Crippen LogP contribution in [0.2, 0.25) is 0 Å². The molecule has 20 heavy (non-hydrogen) atoms. The Kier molecular flexibility index (Phi) is 3.83. The molecule has 106 valence electrons. The van der Waals surface area contributed by atoms with Gasteiger partial charge in [-0.05, 0) is 24.3 Å². The molecular weight excluding hydrogens is 272 g/mol. The van der Waals surface area contributed by atoms with Crippen LogP contribution in [0.4, 0.5) is 14.6 Å². The third-order valence-electron chi connectivity index (χ3n) is 2.52. The van der Waals surface area contributed by atoms with Crippen molar-refractivity contribution in [2.75, 3.05) is 12.8 Å². The minimum Gasteiger partial charge on any atom is -0.464 e. The molecule has 0 spiro atoms. The standard InChI is InChI=1S/C12H11F2N3O3/c1-19-11(18)9-10(15)17(6-16-9)7-2-4-8(5-3-7)20-12(13)14/h2-6,12H,15H2,1H3. The zero-order chi connectivity index (χ0) is 14.7. The molecule has 1 heterocycles. The first-order valence-electron chi connectivity index (χ1n) is 5.49. The highest BCUT2D eigenvalue weighted by Gasteiger charge is 2.16. The predicted octanol–water partition coefficient (Wildman–Crippen LogP) is 1.84. The first kappa shape index (κ1) is 13.8. The third kappa shape index (κ3) is 2.68. The van der Waals surface area contributed by atoms with Crippen molar-refractivity contribution in [3.63, 3.8) is 0 Å². The Bertz CT molecular complexity index is 611. The molecular formula is C12H11F2N3O3. The van der Waals surface area contributed by atoms with Crippen LogP contribution in [-0.2, 0) is 4.74 Å². The summed E-state index contributed by atoms with van der Waals surface area (Å²) in [7, 11) is 1.22. The molecule has 2 rings (SSSR count). The van der Waals surface area contributed by atoms with Crippen LogP contribution in [0.1, 0.15) is 10.5 Å². The van der Waals surface area contributed by atoms with Crippen molar-refractivity contribution in [3.05, 3.63) is 36.3 Å². The number of hydrogen-bond acceptors (Lipinski definition) is 5. The fourth-order valence-corrected chi connectivity index (χ4v) is 1.61. The molecule has 0 aliphatic heterocycles. The van der Waals surface area contributed by atoms with Gasteiger partial charge in [-0.1, -0.05) is 0 Å². The number of ether oxygens (including phenoxy) is 2. The van der Waals surface area contributed by atoms with E-state index in [1.807, 2.05) is 0 Å².